The molecule has 152 valence electrons. The molecule has 0 spiro atoms. The van der Waals surface area contributed by atoms with E-state index in [0.29, 0.717) is 25.5 Å². The molecule has 1 saturated heterocycles. The minimum atomic E-state index is -0.723. The van der Waals surface area contributed by atoms with Gasteiger partial charge in [-0.2, -0.15) is 0 Å². The standard InChI is InChI=1S/C22H29NO5/c1-5-27-15-9-6-8-14(12-15)18-17(20(25)22(2,3)4)19(24)21(26)23(18)13-16-10-7-11-28-16/h6,8-9,12,16,18,24H,5,7,10-11,13H2,1-4H3. The number of rotatable bonds is 6. The predicted molar refractivity (Wildman–Crippen MR) is 105 cm³/mol. The first-order chi connectivity index (χ1) is 13.2. The van der Waals surface area contributed by atoms with E-state index in [2.05, 4.69) is 0 Å². The second kappa shape index (κ2) is 7.95. The largest absolute Gasteiger partial charge is 0.503 e. The van der Waals surface area contributed by atoms with E-state index in [9.17, 15) is 14.7 Å². The summed E-state index contributed by atoms with van der Waals surface area (Å²) in [7, 11) is 0. The fourth-order valence-electron chi connectivity index (χ4n) is 3.77. The summed E-state index contributed by atoms with van der Waals surface area (Å²) in [6.45, 7) is 8.79. The van der Waals surface area contributed by atoms with Crippen LogP contribution < -0.4 is 4.74 Å². The molecule has 0 aromatic heterocycles. The zero-order valence-electron chi connectivity index (χ0n) is 17.0. The maximum atomic E-state index is 13.1. The van der Waals surface area contributed by atoms with Crippen molar-refractivity contribution in [3.63, 3.8) is 0 Å². The summed E-state index contributed by atoms with van der Waals surface area (Å²) in [5.74, 6) is -0.543. The summed E-state index contributed by atoms with van der Waals surface area (Å²) in [6.07, 6.45) is 1.72. The molecule has 0 radical (unpaired) electrons. The van der Waals surface area contributed by atoms with Gasteiger partial charge < -0.3 is 19.5 Å². The molecule has 1 fully saturated rings. The van der Waals surface area contributed by atoms with Crippen LogP contribution in [0.4, 0.5) is 0 Å². The van der Waals surface area contributed by atoms with Gasteiger partial charge in [0.2, 0.25) is 0 Å². The third-order valence-electron chi connectivity index (χ3n) is 5.14. The molecule has 1 amide bonds. The summed E-state index contributed by atoms with van der Waals surface area (Å²) in [6, 6.07) is 6.71. The van der Waals surface area contributed by atoms with Crippen LogP contribution in [0.15, 0.2) is 35.6 Å². The van der Waals surface area contributed by atoms with E-state index in [0.717, 1.165) is 18.4 Å². The first-order valence-electron chi connectivity index (χ1n) is 9.87. The quantitative estimate of drug-likeness (QED) is 0.807. The van der Waals surface area contributed by atoms with Crippen LogP contribution in [0.25, 0.3) is 0 Å². The van der Waals surface area contributed by atoms with E-state index in [1.807, 2.05) is 31.2 Å². The van der Waals surface area contributed by atoms with Gasteiger partial charge in [-0.25, -0.2) is 0 Å². The molecular formula is C22H29NO5. The molecule has 1 N–H and O–H groups in total. The number of hydrogen-bond acceptors (Lipinski definition) is 5. The molecule has 2 aliphatic heterocycles. The molecule has 6 nitrogen and oxygen atoms in total. The second-order valence-corrected chi connectivity index (χ2v) is 8.34. The molecule has 3 rings (SSSR count). The molecule has 1 aromatic carbocycles. The zero-order valence-corrected chi connectivity index (χ0v) is 17.0. The second-order valence-electron chi connectivity index (χ2n) is 8.34. The monoisotopic (exact) mass is 387 g/mol. The lowest BCUT2D eigenvalue weighted by Gasteiger charge is -2.30. The van der Waals surface area contributed by atoms with Crippen molar-refractivity contribution in [2.75, 3.05) is 19.8 Å². The number of Topliss-reactive ketones (excluding diaryl/α,β-unsaturated/α-hetero) is 1. The molecule has 0 saturated carbocycles. The number of nitrogens with zero attached hydrogens (tertiary/aromatic N) is 1. The van der Waals surface area contributed by atoms with E-state index < -0.39 is 23.1 Å². The zero-order chi connectivity index (χ0) is 20.5. The Balaban J connectivity index is 2.04. The Hall–Kier alpha value is -2.34. The number of ether oxygens (including phenoxy) is 2. The van der Waals surface area contributed by atoms with E-state index in [4.69, 9.17) is 9.47 Å². The van der Waals surface area contributed by atoms with Crippen molar-refractivity contribution in [2.24, 2.45) is 5.41 Å². The van der Waals surface area contributed by atoms with Gasteiger partial charge >= 0.3 is 0 Å². The summed E-state index contributed by atoms with van der Waals surface area (Å²) >= 11 is 0. The lowest BCUT2D eigenvalue weighted by atomic mass is 9.82. The Morgan fingerprint density at radius 2 is 2.11 bits per heavy atom. The maximum Gasteiger partial charge on any atom is 0.290 e. The van der Waals surface area contributed by atoms with Crippen LogP contribution >= 0.6 is 0 Å². The van der Waals surface area contributed by atoms with Crippen LogP contribution in [0.5, 0.6) is 5.75 Å². The number of aliphatic hydroxyl groups is 1. The Morgan fingerprint density at radius 3 is 2.71 bits per heavy atom. The third kappa shape index (κ3) is 3.92. The highest BCUT2D eigenvalue weighted by Gasteiger charge is 2.46. The molecule has 6 heteroatoms. The van der Waals surface area contributed by atoms with Gasteiger partial charge in [0.25, 0.3) is 5.91 Å². The predicted octanol–water partition coefficient (Wildman–Crippen LogP) is 3.57. The SMILES string of the molecule is CCOc1cccc(C2C(C(=O)C(C)(C)C)=C(O)C(=O)N2CC2CCCO2)c1. The normalized spacial score (nSPS) is 22.9. The van der Waals surface area contributed by atoms with Gasteiger partial charge in [-0.15, -0.1) is 0 Å². The molecule has 0 aliphatic carbocycles. The van der Waals surface area contributed by atoms with Crippen molar-refractivity contribution in [1.82, 2.24) is 4.90 Å². The summed E-state index contributed by atoms with van der Waals surface area (Å²) in [5, 5.41) is 10.6. The molecule has 1 aromatic rings. The molecule has 2 unspecified atom stereocenters. The lowest BCUT2D eigenvalue weighted by molar-refractivity contribution is -0.131. The van der Waals surface area contributed by atoms with E-state index in [1.165, 1.54) is 0 Å². The number of amides is 1. The van der Waals surface area contributed by atoms with Crippen molar-refractivity contribution in [1.29, 1.82) is 0 Å². The topological polar surface area (TPSA) is 76.1 Å². The Morgan fingerprint density at radius 1 is 1.36 bits per heavy atom. The fraction of sp³-hybridized carbons (Fsp3) is 0.545. The Bertz CT molecular complexity index is 786. The minimum Gasteiger partial charge on any atom is -0.503 e. The smallest absolute Gasteiger partial charge is 0.290 e. The third-order valence-corrected chi connectivity index (χ3v) is 5.14. The first kappa shape index (κ1) is 20.4. The maximum absolute atomic E-state index is 13.1. The van der Waals surface area contributed by atoms with Crippen molar-refractivity contribution in [2.45, 2.75) is 52.7 Å². The van der Waals surface area contributed by atoms with Crippen LogP contribution in [0.2, 0.25) is 0 Å². The highest BCUT2D eigenvalue weighted by molar-refractivity contribution is 6.10. The van der Waals surface area contributed by atoms with Crippen molar-refractivity contribution in [3.8, 4) is 5.75 Å². The number of hydrogen-bond donors (Lipinski definition) is 1. The number of aliphatic hydroxyl groups excluding tert-OH is 1. The molecule has 28 heavy (non-hydrogen) atoms. The summed E-state index contributed by atoms with van der Waals surface area (Å²) in [5.41, 5.74) is 0.178. The van der Waals surface area contributed by atoms with Gasteiger partial charge in [0.1, 0.15) is 5.75 Å². The number of carbonyl (C=O) groups is 2. The van der Waals surface area contributed by atoms with Crippen molar-refractivity contribution < 1.29 is 24.2 Å². The van der Waals surface area contributed by atoms with Crippen LogP contribution in [-0.2, 0) is 14.3 Å². The number of carbonyl (C=O) groups excluding carboxylic acids is 2. The molecule has 0 bridgehead atoms. The number of benzene rings is 1. The van der Waals surface area contributed by atoms with Gasteiger partial charge in [-0.3, -0.25) is 9.59 Å². The van der Waals surface area contributed by atoms with E-state index in [-0.39, 0.29) is 17.5 Å². The van der Waals surface area contributed by atoms with Crippen LogP contribution in [0.3, 0.4) is 0 Å². The average Bonchev–Trinajstić information content (AvgIpc) is 3.23. The molecular weight excluding hydrogens is 358 g/mol. The van der Waals surface area contributed by atoms with Crippen molar-refractivity contribution >= 4 is 11.7 Å². The average molecular weight is 387 g/mol. The van der Waals surface area contributed by atoms with Crippen LogP contribution in [0.1, 0.15) is 52.1 Å². The van der Waals surface area contributed by atoms with Gasteiger partial charge in [0, 0.05) is 18.6 Å². The summed E-state index contributed by atoms with van der Waals surface area (Å²) < 4.78 is 11.3. The number of ketones is 1. The Labute approximate surface area is 166 Å². The molecule has 2 atom stereocenters. The van der Waals surface area contributed by atoms with Gasteiger partial charge in [0.15, 0.2) is 11.5 Å². The van der Waals surface area contributed by atoms with Gasteiger partial charge in [0.05, 0.1) is 24.3 Å². The molecule has 2 heterocycles. The fourth-order valence-corrected chi connectivity index (χ4v) is 3.77. The first-order valence-corrected chi connectivity index (χ1v) is 9.87. The van der Waals surface area contributed by atoms with Crippen LogP contribution in [0, 0.1) is 5.41 Å². The van der Waals surface area contributed by atoms with Gasteiger partial charge in [-0.05, 0) is 37.5 Å². The van der Waals surface area contributed by atoms with E-state index >= 15 is 0 Å². The van der Waals surface area contributed by atoms with Gasteiger partial charge in [-0.1, -0.05) is 32.9 Å². The highest BCUT2D eigenvalue weighted by atomic mass is 16.5. The van der Waals surface area contributed by atoms with Crippen LogP contribution in [-0.4, -0.2) is 47.6 Å². The minimum absolute atomic E-state index is 0.0848. The summed E-state index contributed by atoms with van der Waals surface area (Å²) in [4.78, 5) is 27.6. The lowest BCUT2D eigenvalue weighted by Crippen LogP contribution is -2.38. The van der Waals surface area contributed by atoms with Crippen molar-refractivity contribution in [3.05, 3.63) is 41.2 Å². The van der Waals surface area contributed by atoms with E-state index in [1.54, 1.807) is 25.7 Å². The molecule has 2 aliphatic rings. The highest BCUT2D eigenvalue weighted by Crippen LogP contribution is 2.42. The Kier molecular flexibility index (Phi) is 5.79.